The molecule has 0 aliphatic heterocycles. The fraction of sp³-hybridized carbons (Fsp3) is 0.222. The van der Waals surface area contributed by atoms with Crippen LogP contribution in [0.25, 0.3) is 0 Å². The first-order valence-electron chi connectivity index (χ1n) is 6.84. The Kier molecular flexibility index (Phi) is 7.69. The smallest absolute Gasteiger partial charge is 0.163 e. The van der Waals surface area contributed by atoms with Crippen LogP contribution in [0.15, 0.2) is 54.6 Å². The maximum atomic E-state index is 11.7. The van der Waals surface area contributed by atoms with Crippen molar-refractivity contribution in [3.05, 3.63) is 71.3 Å². The molecule has 0 unspecified atom stereocenters. The number of aliphatic hydroxyl groups excluding tert-OH is 1. The third-order valence-corrected chi connectivity index (χ3v) is 3.02. The van der Waals surface area contributed by atoms with E-state index in [0.717, 1.165) is 19.8 Å². The van der Waals surface area contributed by atoms with Gasteiger partial charge in [0.05, 0.1) is 0 Å². The molecule has 3 nitrogen and oxygen atoms in total. The van der Waals surface area contributed by atoms with Gasteiger partial charge in [-0.1, -0.05) is 54.6 Å². The fourth-order valence-corrected chi connectivity index (χ4v) is 1.97. The van der Waals surface area contributed by atoms with E-state index < -0.39 is 0 Å². The molecule has 2 aromatic carbocycles. The van der Waals surface area contributed by atoms with Crippen LogP contribution in [0.5, 0.6) is 0 Å². The summed E-state index contributed by atoms with van der Waals surface area (Å²) < 4.78 is 0. The van der Waals surface area contributed by atoms with Gasteiger partial charge in [0.15, 0.2) is 5.78 Å². The Labute approximate surface area is 125 Å². The first kappa shape index (κ1) is 16.8. The van der Waals surface area contributed by atoms with E-state index in [2.05, 4.69) is 12.1 Å². The molecule has 0 aliphatic rings. The SMILES string of the molecule is CO.O=CCCC(=O)c1ccc(Cc2ccccc2)cc1. The van der Waals surface area contributed by atoms with Gasteiger partial charge < -0.3 is 9.90 Å². The number of carbonyl (C=O) groups excluding carboxylic acids is 2. The van der Waals surface area contributed by atoms with E-state index in [1.165, 1.54) is 11.1 Å². The fourth-order valence-electron chi connectivity index (χ4n) is 1.97. The zero-order valence-corrected chi connectivity index (χ0v) is 12.2. The van der Waals surface area contributed by atoms with E-state index in [-0.39, 0.29) is 5.78 Å². The Bertz CT molecular complexity index is 544. The van der Waals surface area contributed by atoms with Gasteiger partial charge in [-0.25, -0.2) is 0 Å². The number of ketones is 1. The van der Waals surface area contributed by atoms with Crippen molar-refractivity contribution in [2.24, 2.45) is 0 Å². The van der Waals surface area contributed by atoms with Crippen molar-refractivity contribution in [3.8, 4) is 0 Å². The molecule has 0 spiro atoms. The molecule has 0 aromatic heterocycles. The minimum atomic E-state index is 0.0263. The van der Waals surface area contributed by atoms with Crippen molar-refractivity contribution in [1.82, 2.24) is 0 Å². The van der Waals surface area contributed by atoms with Crippen molar-refractivity contribution < 1.29 is 14.7 Å². The highest BCUT2D eigenvalue weighted by atomic mass is 16.2. The van der Waals surface area contributed by atoms with Gasteiger partial charge in [-0.2, -0.15) is 0 Å². The van der Waals surface area contributed by atoms with Gasteiger partial charge in [0, 0.05) is 25.5 Å². The van der Waals surface area contributed by atoms with Crippen molar-refractivity contribution in [1.29, 1.82) is 0 Å². The van der Waals surface area contributed by atoms with Crippen LogP contribution >= 0.6 is 0 Å². The van der Waals surface area contributed by atoms with Gasteiger partial charge in [0.1, 0.15) is 6.29 Å². The molecule has 0 heterocycles. The van der Waals surface area contributed by atoms with Crippen LogP contribution in [0.4, 0.5) is 0 Å². The van der Waals surface area contributed by atoms with Crippen LogP contribution in [0.3, 0.4) is 0 Å². The van der Waals surface area contributed by atoms with Gasteiger partial charge in [0.2, 0.25) is 0 Å². The second-order valence-corrected chi connectivity index (χ2v) is 4.49. The summed E-state index contributed by atoms with van der Waals surface area (Å²) in [4.78, 5) is 22.0. The lowest BCUT2D eigenvalue weighted by Gasteiger charge is -2.03. The van der Waals surface area contributed by atoms with Crippen molar-refractivity contribution >= 4 is 12.1 Å². The molecule has 0 saturated heterocycles. The predicted octanol–water partition coefficient (Wildman–Crippen LogP) is 3.05. The molecular weight excluding hydrogens is 264 g/mol. The first-order valence-corrected chi connectivity index (χ1v) is 6.84. The van der Waals surface area contributed by atoms with Gasteiger partial charge in [-0.15, -0.1) is 0 Å². The Morgan fingerprint density at radius 1 is 0.952 bits per heavy atom. The van der Waals surface area contributed by atoms with E-state index in [4.69, 9.17) is 5.11 Å². The second kappa shape index (κ2) is 9.61. The lowest BCUT2D eigenvalue weighted by molar-refractivity contribution is -0.107. The van der Waals surface area contributed by atoms with Gasteiger partial charge in [-0.3, -0.25) is 4.79 Å². The summed E-state index contributed by atoms with van der Waals surface area (Å²) in [5, 5.41) is 7.00. The van der Waals surface area contributed by atoms with Crippen molar-refractivity contribution in [3.63, 3.8) is 0 Å². The molecule has 0 radical (unpaired) electrons. The molecule has 1 N–H and O–H groups in total. The van der Waals surface area contributed by atoms with Crippen LogP contribution in [-0.2, 0) is 11.2 Å². The molecule has 0 atom stereocenters. The van der Waals surface area contributed by atoms with Crippen LogP contribution in [0, 0.1) is 0 Å². The highest BCUT2D eigenvalue weighted by molar-refractivity contribution is 5.96. The molecule has 0 saturated carbocycles. The highest BCUT2D eigenvalue weighted by Crippen LogP contribution is 2.12. The maximum Gasteiger partial charge on any atom is 0.163 e. The standard InChI is InChI=1S/C17H16O2.CH4O/c18-12-4-7-17(19)16-10-8-15(9-11-16)13-14-5-2-1-3-6-14;1-2/h1-3,5-6,8-12H,4,7,13H2;2H,1H3. The summed E-state index contributed by atoms with van der Waals surface area (Å²) in [6.07, 6.45) is 2.23. The second-order valence-electron chi connectivity index (χ2n) is 4.49. The van der Waals surface area contributed by atoms with Crippen LogP contribution in [0.1, 0.15) is 34.3 Å². The van der Waals surface area contributed by atoms with Crippen LogP contribution < -0.4 is 0 Å². The molecular formula is C18H20O3. The van der Waals surface area contributed by atoms with E-state index in [9.17, 15) is 9.59 Å². The summed E-state index contributed by atoms with van der Waals surface area (Å²) >= 11 is 0. The zero-order chi connectivity index (χ0) is 15.5. The average molecular weight is 284 g/mol. The molecule has 0 amide bonds. The molecule has 0 bridgehead atoms. The van der Waals surface area contributed by atoms with E-state index in [0.29, 0.717) is 18.4 Å². The molecule has 3 heteroatoms. The van der Waals surface area contributed by atoms with E-state index in [1.807, 2.05) is 42.5 Å². The summed E-state index contributed by atoms with van der Waals surface area (Å²) in [6.45, 7) is 0. The Morgan fingerprint density at radius 3 is 2.10 bits per heavy atom. The number of hydrogen-bond donors (Lipinski definition) is 1. The molecule has 0 fully saturated rings. The number of carbonyl (C=O) groups is 2. The Hall–Kier alpha value is -2.26. The van der Waals surface area contributed by atoms with E-state index in [1.54, 1.807) is 0 Å². The molecule has 0 aliphatic carbocycles. The number of aliphatic hydroxyl groups is 1. The van der Waals surface area contributed by atoms with Gasteiger partial charge in [0.25, 0.3) is 0 Å². The largest absolute Gasteiger partial charge is 0.400 e. The van der Waals surface area contributed by atoms with Gasteiger partial charge >= 0.3 is 0 Å². The normalized spacial score (nSPS) is 9.43. The monoisotopic (exact) mass is 284 g/mol. The third kappa shape index (κ3) is 5.71. The molecule has 110 valence electrons. The number of benzene rings is 2. The number of Topliss-reactive ketones (excluding diaryl/α,β-unsaturated/α-hetero) is 1. The third-order valence-electron chi connectivity index (χ3n) is 3.02. The maximum absolute atomic E-state index is 11.7. The summed E-state index contributed by atoms with van der Waals surface area (Å²) in [5.41, 5.74) is 3.11. The Morgan fingerprint density at radius 2 is 1.52 bits per heavy atom. The minimum Gasteiger partial charge on any atom is -0.400 e. The zero-order valence-electron chi connectivity index (χ0n) is 12.2. The lowest BCUT2D eigenvalue weighted by atomic mass is 10.0. The summed E-state index contributed by atoms with van der Waals surface area (Å²) in [5.74, 6) is 0.0263. The number of hydrogen-bond acceptors (Lipinski definition) is 3. The van der Waals surface area contributed by atoms with Crippen molar-refractivity contribution in [2.75, 3.05) is 7.11 Å². The number of aldehydes is 1. The molecule has 2 aromatic rings. The van der Waals surface area contributed by atoms with Crippen LogP contribution in [0.2, 0.25) is 0 Å². The first-order chi connectivity index (χ1) is 10.3. The summed E-state index contributed by atoms with van der Waals surface area (Å²) in [6, 6.07) is 17.8. The Balaban J connectivity index is 0.00000106. The van der Waals surface area contributed by atoms with Gasteiger partial charge in [-0.05, 0) is 17.5 Å². The highest BCUT2D eigenvalue weighted by Gasteiger charge is 2.05. The molecule has 21 heavy (non-hydrogen) atoms. The van der Waals surface area contributed by atoms with Crippen molar-refractivity contribution in [2.45, 2.75) is 19.3 Å². The molecule has 2 rings (SSSR count). The number of rotatable bonds is 6. The predicted molar refractivity (Wildman–Crippen MR) is 83.5 cm³/mol. The quantitative estimate of drug-likeness (QED) is 0.655. The van der Waals surface area contributed by atoms with E-state index >= 15 is 0 Å². The van der Waals surface area contributed by atoms with Crippen LogP contribution in [-0.4, -0.2) is 24.3 Å². The minimum absolute atomic E-state index is 0.0263. The lowest BCUT2D eigenvalue weighted by Crippen LogP contribution is -1.99. The average Bonchev–Trinajstić information content (AvgIpc) is 2.56. The topological polar surface area (TPSA) is 54.4 Å². The summed E-state index contributed by atoms with van der Waals surface area (Å²) in [7, 11) is 1.00.